The van der Waals surface area contributed by atoms with E-state index in [4.69, 9.17) is 4.74 Å². The number of nitrogens with one attached hydrogen (secondary N) is 1. The Kier molecular flexibility index (Phi) is 5.19. The summed E-state index contributed by atoms with van der Waals surface area (Å²) in [6.07, 6.45) is 2.11. The van der Waals surface area contributed by atoms with Crippen LogP contribution in [0.4, 0.5) is 0 Å². The molecule has 0 aliphatic heterocycles. The quantitative estimate of drug-likeness (QED) is 0.581. The zero-order chi connectivity index (χ0) is 17.6. The van der Waals surface area contributed by atoms with Gasteiger partial charge in [0.05, 0.1) is 6.61 Å². The lowest BCUT2D eigenvalue weighted by Crippen LogP contribution is -1.99. The Labute approximate surface area is 147 Å². The second-order valence-electron chi connectivity index (χ2n) is 5.87. The summed E-state index contributed by atoms with van der Waals surface area (Å²) in [5.74, 6) is -0.173. The standard InChI is InChI=1S/C21H21NO3/c1-2-3-13-25-17-11-9-15(10-12-17)18-14-19(22-20(18)21(23)24)16-7-5-4-6-8-16/h4-12,14,22H,2-3,13H2,1H3,(H,23,24). The van der Waals surface area contributed by atoms with E-state index in [1.165, 1.54) is 0 Å². The molecule has 0 fully saturated rings. The Balaban J connectivity index is 1.91. The molecule has 0 spiro atoms. The van der Waals surface area contributed by atoms with Crippen LogP contribution in [-0.4, -0.2) is 22.7 Å². The summed E-state index contributed by atoms with van der Waals surface area (Å²) in [7, 11) is 0. The Hall–Kier alpha value is -3.01. The van der Waals surface area contributed by atoms with Gasteiger partial charge >= 0.3 is 5.97 Å². The third-order valence-corrected chi connectivity index (χ3v) is 4.05. The number of carboxylic acid groups (broad SMARTS) is 1. The molecule has 0 aliphatic rings. The van der Waals surface area contributed by atoms with Gasteiger partial charge in [0, 0.05) is 11.3 Å². The van der Waals surface area contributed by atoms with Crippen molar-refractivity contribution in [3.05, 3.63) is 66.4 Å². The fourth-order valence-corrected chi connectivity index (χ4v) is 2.69. The highest BCUT2D eigenvalue weighted by molar-refractivity contribution is 5.96. The van der Waals surface area contributed by atoms with Gasteiger partial charge in [-0.1, -0.05) is 55.8 Å². The fourth-order valence-electron chi connectivity index (χ4n) is 2.69. The van der Waals surface area contributed by atoms with Crippen LogP contribution in [0.3, 0.4) is 0 Å². The van der Waals surface area contributed by atoms with E-state index in [9.17, 15) is 9.90 Å². The highest BCUT2D eigenvalue weighted by Crippen LogP contribution is 2.31. The summed E-state index contributed by atoms with van der Waals surface area (Å²) in [6, 6.07) is 19.1. The average Bonchev–Trinajstić information content (AvgIpc) is 3.09. The summed E-state index contributed by atoms with van der Waals surface area (Å²) >= 11 is 0. The molecule has 0 amide bonds. The van der Waals surface area contributed by atoms with Crippen molar-refractivity contribution in [3.8, 4) is 28.1 Å². The van der Waals surface area contributed by atoms with Crippen LogP contribution in [0.25, 0.3) is 22.4 Å². The van der Waals surface area contributed by atoms with Gasteiger partial charge < -0.3 is 14.8 Å². The molecule has 4 heteroatoms. The number of aromatic carboxylic acids is 1. The number of aromatic amines is 1. The number of benzene rings is 2. The SMILES string of the molecule is CCCCOc1ccc(-c2cc(-c3ccccc3)[nH]c2C(=O)O)cc1. The highest BCUT2D eigenvalue weighted by Gasteiger charge is 2.16. The minimum Gasteiger partial charge on any atom is -0.494 e. The van der Waals surface area contributed by atoms with E-state index < -0.39 is 5.97 Å². The zero-order valence-corrected chi connectivity index (χ0v) is 14.2. The lowest BCUT2D eigenvalue weighted by molar-refractivity contribution is 0.0692. The van der Waals surface area contributed by atoms with Crippen LogP contribution in [0.5, 0.6) is 5.75 Å². The number of aromatic nitrogens is 1. The Morgan fingerprint density at radius 2 is 1.76 bits per heavy atom. The normalized spacial score (nSPS) is 10.6. The second kappa shape index (κ2) is 7.71. The van der Waals surface area contributed by atoms with Crippen molar-refractivity contribution in [2.24, 2.45) is 0 Å². The van der Waals surface area contributed by atoms with Gasteiger partial charge in [0.1, 0.15) is 11.4 Å². The number of hydrogen-bond donors (Lipinski definition) is 2. The molecule has 3 aromatic rings. The lowest BCUT2D eigenvalue weighted by atomic mass is 10.0. The van der Waals surface area contributed by atoms with Crippen LogP contribution in [0, 0.1) is 0 Å². The zero-order valence-electron chi connectivity index (χ0n) is 14.2. The van der Waals surface area contributed by atoms with Gasteiger partial charge in [0.2, 0.25) is 0 Å². The Bertz CT molecular complexity index is 835. The van der Waals surface area contributed by atoms with Crippen LogP contribution in [0.2, 0.25) is 0 Å². The number of carbonyl (C=O) groups is 1. The number of rotatable bonds is 7. The molecular formula is C21H21NO3. The summed E-state index contributed by atoms with van der Waals surface area (Å²) in [5, 5.41) is 9.53. The van der Waals surface area contributed by atoms with E-state index in [1.54, 1.807) is 0 Å². The Morgan fingerprint density at radius 3 is 2.40 bits per heavy atom. The van der Waals surface area contributed by atoms with Crippen molar-refractivity contribution in [1.82, 2.24) is 4.98 Å². The molecule has 3 rings (SSSR count). The first-order valence-electron chi connectivity index (χ1n) is 8.44. The molecule has 0 radical (unpaired) electrons. The van der Waals surface area contributed by atoms with Crippen molar-refractivity contribution < 1.29 is 14.6 Å². The topological polar surface area (TPSA) is 62.3 Å². The molecule has 0 atom stereocenters. The van der Waals surface area contributed by atoms with Crippen LogP contribution < -0.4 is 4.74 Å². The molecule has 0 saturated carbocycles. The molecule has 2 N–H and O–H groups in total. The van der Waals surface area contributed by atoms with Crippen LogP contribution in [-0.2, 0) is 0 Å². The maximum atomic E-state index is 11.6. The maximum absolute atomic E-state index is 11.6. The number of hydrogen-bond acceptors (Lipinski definition) is 2. The molecule has 25 heavy (non-hydrogen) atoms. The summed E-state index contributed by atoms with van der Waals surface area (Å²) in [5.41, 5.74) is 3.45. The van der Waals surface area contributed by atoms with Crippen LogP contribution in [0.1, 0.15) is 30.3 Å². The van der Waals surface area contributed by atoms with Gasteiger partial charge in [-0.3, -0.25) is 0 Å². The van der Waals surface area contributed by atoms with Gasteiger partial charge in [0.25, 0.3) is 0 Å². The lowest BCUT2D eigenvalue weighted by Gasteiger charge is -2.06. The third kappa shape index (κ3) is 3.91. The van der Waals surface area contributed by atoms with Gasteiger partial charge in [0.15, 0.2) is 0 Å². The molecule has 1 aromatic heterocycles. The summed E-state index contributed by atoms with van der Waals surface area (Å²) in [6.45, 7) is 2.81. The van der Waals surface area contributed by atoms with Gasteiger partial charge in [-0.15, -0.1) is 0 Å². The first-order valence-corrected chi connectivity index (χ1v) is 8.44. The molecular weight excluding hydrogens is 314 g/mol. The third-order valence-electron chi connectivity index (χ3n) is 4.05. The van der Waals surface area contributed by atoms with E-state index in [2.05, 4.69) is 11.9 Å². The van der Waals surface area contributed by atoms with Gasteiger partial charge in [-0.05, 0) is 35.7 Å². The van der Waals surface area contributed by atoms with Crippen molar-refractivity contribution in [3.63, 3.8) is 0 Å². The molecule has 0 aliphatic carbocycles. The largest absolute Gasteiger partial charge is 0.494 e. The van der Waals surface area contributed by atoms with Crippen molar-refractivity contribution in [1.29, 1.82) is 0 Å². The predicted octanol–water partition coefficient (Wildman–Crippen LogP) is 5.23. The first kappa shape index (κ1) is 16.8. The van der Waals surface area contributed by atoms with Crippen molar-refractivity contribution >= 4 is 5.97 Å². The number of H-pyrrole nitrogens is 1. The minimum atomic E-state index is -0.972. The molecule has 0 unspecified atom stereocenters. The highest BCUT2D eigenvalue weighted by atomic mass is 16.5. The fraction of sp³-hybridized carbons (Fsp3) is 0.190. The monoisotopic (exact) mass is 335 g/mol. The predicted molar refractivity (Wildman–Crippen MR) is 99.0 cm³/mol. The second-order valence-corrected chi connectivity index (χ2v) is 5.87. The summed E-state index contributed by atoms with van der Waals surface area (Å²) < 4.78 is 5.67. The van der Waals surface area contributed by atoms with E-state index in [0.717, 1.165) is 35.4 Å². The van der Waals surface area contributed by atoms with Gasteiger partial charge in [-0.25, -0.2) is 4.79 Å². The van der Waals surface area contributed by atoms with Crippen LogP contribution >= 0.6 is 0 Å². The molecule has 0 saturated heterocycles. The molecule has 2 aromatic carbocycles. The summed E-state index contributed by atoms with van der Waals surface area (Å²) in [4.78, 5) is 14.6. The average molecular weight is 335 g/mol. The van der Waals surface area contributed by atoms with Crippen molar-refractivity contribution in [2.45, 2.75) is 19.8 Å². The number of ether oxygens (including phenoxy) is 1. The number of unbranched alkanes of at least 4 members (excludes halogenated alkanes) is 1. The van der Waals surface area contributed by atoms with E-state index >= 15 is 0 Å². The Morgan fingerprint density at radius 1 is 1.04 bits per heavy atom. The molecule has 128 valence electrons. The van der Waals surface area contributed by atoms with E-state index in [0.29, 0.717) is 12.2 Å². The van der Waals surface area contributed by atoms with Crippen LogP contribution in [0.15, 0.2) is 60.7 Å². The number of carboxylic acids is 1. The molecule has 1 heterocycles. The smallest absolute Gasteiger partial charge is 0.352 e. The van der Waals surface area contributed by atoms with Crippen molar-refractivity contribution in [2.75, 3.05) is 6.61 Å². The minimum absolute atomic E-state index is 0.193. The first-order chi connectivity index (χ1) is 12.2. The maximum Gasteiger partial charge on any atom is 0.352 e. The van der Waals surface area contributed by atoms with Gasteiger partial charge in [-0.2, -0.15) is 0 Å². The molecule has 0 bridgehead atoms. The van der Waals surface area contributed by atoms with E-state index in [1.807, 2.05) is 60.7 Å². The molecule has 4 nitrogen and oxygen atoms in total. The van der Waals surface area contributed by atoms with E-state index in [-0.39, 0.29) is 5.69 Å².